The molecule has 0 fully saturated rings. The minimum atomic E-state index is -1.20. The van der Waals surface area contributed by atoms with Crippen molar-refractivity contribution in [1.82, 2.24) is 16.0 Å². The van der Waals surface area contributed by atoms with Crippen LogP contribution in [0.3, 0.4) is 0 Å². The van der Waals surface area contributed by atoms with Gasteiger partial charge in [0.25, 0.3) is 0 Å². The highest BCUT2D eigenvalue weighted by atomic mass is 16.4. The monoisotopic (exact) mass is 287 g/mol. The molecule has 0 bridgehead atoms. The third-order valence-electron chi connectivity index (χ3n) is 2.57. The van der Waals surface area contributed by atoms with Crippen molar-refractivity contribution < 1.29 is 24.3 Å². The van der Waals surface area contributed by atoms with Crippen molar-refractivity contribution in [1.29, 1.82) is 0 Å². The molecule has 0 spiro atoms. The van der Waals surface area contributed by atoms with Gasteiger partial charge in [-0.2, -0.15) is 0 Å². The average molecular weight is 287 g/mol. The van der Waals surface area contributed by atoms with Gasteiger partial charge in [0.1, 0.15) is 6.04 Å². The van der Waals surface area contributed by atoms with E-state index in [1.807, 2.05) is 0 Å². The second kappa shape index (κ2) is 8.89. The lowest BCUT2D eigenvalue weighted by Gasteiger charge is -2.18. The van der Waals surface area contributed by atoms with Crippen LogP contribution in [-0.2, 0) is 19.2 Å². The smallest absolute Gasteiger partial charge is 0.305 e. The van der Waals surface area contributed by atoms with E-state index in [9.17, 15) is 19.2 Å². The van der Waals surface area contributed by atoms with Gasteiger partial charge in [0.05, 0.1) is 6.42 Å². The zero-order valence-electron chi connectivity index (χ0n) is 11.9. The number of hydrogen-bond donors (Lipinski definition) is 4. The van der Waals surface area contributed by atoms with E-state index < -0.39 is 36.2 Å². The van der Waals surface area contributed by atoms with Gasteiger partial charge in [-0.25, -0.2) is 0 Å². The molecule has 0 saturated carbocycles. The summed E-state index contributed by atoms with van der Waals surface area (Å²) in [6, 6.07) is -1.15. The summed E-state index contributed by atoms with van der Waals surface area (Å²) in [5.41, 5.74) is 0. The zero-order chi connectivity index (χ0) is 15.7. The molecule has 2 atom stereocenters. The Bertz CT molecular complexity index is 383. The number of rotatable bonds is 8. The van der Waals surface area contributed by atoms with Crippen LogP contribution in [-0.4, -0.2) is 48.4 Å². The van der Waals surface area contributed by atoms with Gasteiger partial charge in [0.15, 0.2) is 0 Å². The summed E-state index contributed by atoms with van der Waals surface area (Å²) >= 11 is 0. The predicted octanol–water partition coefficient (Wildman–Crippen LogP) is -1.15. The van der Waals surface area contributed by atoms with Crippen molar-refractivity contribution in [3.05, 3.63) is 0 Å². The Kier molecular flexibility index (Phi) is 7.95. The average Bonchev–Trinajstić information content (AvgIpc) is 2.36. The molecule has 2 unspecified atom stereocenters. The lowest BCUT2D eigenvalue weighted by atomic mass is 10.1. The number of aliphatic carboxylic acids is 1. The molecule has 0 aromatic heterocycles. The van der Waals surface area contributed by atoms with E-state index in [1.54, 1.807) is 6.92 Å². The summed E-state index contributed by atoms with van der Waals surface area (Å²) < 4.78 is 0. The molecule has 20 heavy (non-hydrogen) atoms. The molecule has 114 valence electrons. The Labute approximate surface area is 117 Å². The van der Waals surface area contributed by atoms with Crippen molar-refractivity contribution in [2.24, 2.45) is 5.92 Å². The fourth-order valence-electron chi connectivity index (χ4n) is 1.51. The highest BCUT2D eigenvalue weighted by molar-refractivity contribution is 5.92. The van der Waals surface area contributed by atoms with Gasteiger partial charge in [-0.3, -0.25) is 19.2 Å². The number of amides is 3. The largest absolute Gasteiger partial charge is 0.481 e. The first-order valence-electron chi connectivity index (χ1n) is 6.32. The van der Waals surface area contributed by atoms with E-state index in [0.29, 0.717) is 6.54 Å². The van der Waals surface area contributed by atoms with Crippen LogP contribution in [0.5, 0.6) is 0 Å². The Morgan fingerprint density at radius 3 is 2.15 bits per heavy atom. The van der Waals surface area contributed by atoms with E-state index >= 15 is 0 Å². The van der Waals surface area contributed by atoms with Gasteiger partial charge in [-0.1, -0.05) is 6.92 Å². The molecule has 0 aliphatic carbocycles. The molecule has 0 saturated heterocycles. The number of hydrogen-bond acceptors (Lipinski definition) is 4. The summed E-state index contributed by atoms with van der Waals surface area (Å²) in [5, 5.41) is 15.9. The van der Waals surface area contributed by atoms with E-state index in [4.69, 9.17) is 5.11 Å². The van der Waals surface area contributed by atoms with Gasteiger partial charge in [0, 0.05) is 25.9 Å². The van der Waals surface area contributed by atoms with Crippen LogP contribution in [0.4, 0.5) is 0 Å². The molecule has 0 aliphatic rings. The van der Waals surface area contributed by atoms with Crippen molar-refractivity contribution >= 4 is 23.7 Å². The van der Waals surface area contributed by atoms with Crippen molar-refractivity contribution in [2.45, 2.75) is 32.7 Å². The predicted molar refractivity (Wildman–Crippen MR) is 70.7 cm³/mol. The molecular weight excluding hydrogens is 266 g/mol. The van der Waals surface area contributed by atoms with E-state index in [-0.39, 0.29) is 12.3 Å². The maximum Gasteiger partial charge on any atom is 0.305 e. The zero-order valence-corrected chi connectivity index (χ0v) is 11.9. The number of likely N-dealkylation sites (N-methyl/N-ethyl adjacent to an activating group) is 1. The summed E-state index contributed by atoms with van der Waals surface area (Å²) in [6.07, 6.45) is -0.535. The summed E-state index contributed by atoms with van der Waals surface area (Å²) in [7, 11) is 1.35. The Balaban J connectivity index is 4.54. The minimum Gasteiger partial charge on any atom is -0.481 e. The van der Waals surface area contributed by atoms with E-state index in [0.717, 1.165) is 0 Å². The molecule has 8 nitrogen and oxygen atoms in total. The van der Waals surface area contributed by atoms with Crippen LogP contribution >= 0.6 is 0 Å². The van der Waals surface area contributed by atoms with Crippen LogP contribution in [0.1, 0.15) is 26.7 Å². The number of nitrogens with one attached hydrogen (secondary N) is 3. The standard InChI is InChI=1S/C12H21N3O5/c1-4-14-9(16)5-7(2)11(19)15-8(6-10(17)18)12(20)13-3/h7-8H,4-6H2,1-3H3,(H,13,20)(H,14,16)(H,15,19)(H,17,18). The van der Waals surface area contributed by atoms with Gasteiger partial charge in [0.2, 0.25) is 17.7 Å². The maximum absolute atomic E-state index is 11.8. The third-order valence-corrected chi connectivity index (χ3v) is 2.57. The van der Waals surface area contributed by atoms with E-state index in [2.05, 4.69) is 16.0 Å². The molecule has 8 heteroatoms. The highest BCUT2D eigenvalue weighted by Gasteiger charge is 2.25. The van der Waals surface area contributed by atoms with Crippen molar-refractivity contribution in [2.75, 3.05) is 13.6 Å². The lowest BCUT2D eigenvalue weighted by Crippen LogP contribution is -2.48. The Hall–Kier alpha value is -2.12. The third kappa shape index (κ3) is 6.72. The molecule has 0 aliphatic heterocycles. The van der Waals surface area contributed by atoms with Crippen molar-refractivity contribution in [3.8, 4) is 0 Å². The fraction of sp³-hybridized carbons (Fsp3) is 0.667. The molecule has 0 heterocycles. The first-order valence-corrected chi connectivity index (χ1v) is 6.32. The van der Waals surface area contributed by atoms with Gasteiger partial charge in [-0.05, 0) is 6.92 Å². The number of carbonyl (C=O) groups excluding carboxylic acids is 3. The molecule has 4 N–H and O–H groups in total. The summed E-state index contributed by atoms with van der Waals surface area (Å²) in [4.78, 5) is 45.3. The SMILES string of the molecule is CCNC(=O)CC(C)C(=O)NC(CC(=O)O)C(=O)NC. The summed E-state index contributed by atoms with van der Waals surface area (Å²) in [6.45, 7) is 3.76. The Morgan fingerprint density at radius 2 is 1.70 bits per heavy atom. The number of carbonyl (C=O) groups is 4. The topological polar surface area (TPSA) is 125 Å². The van der Waals surface area contributed by atoms with Gasteiger partial charge >= 0.3 is 5.97 Å². The van der Waals surface area contributed by atoms with E-state index in [1.165, 1.54) is 14.0 Å². The number of carboxylic acids is 1. The Morgan fingerprint density at radius 1 is 1.10 bits per heavy atom. The van der Waals surface area contributed by atoms with Gasteiger partial charge in [-0.15, -0.1) is 0 Å². The minimum absolute atomic E-state index is 0.0206. The first kappa shape index (κ1) is 17.9. The van der Waals surface area contributed by atoms with Crippen LogP contribution in [0, 0.1) is 5.92 Å². The quantitative estimate of drug-likeness (QED) is 0.449. The second-order valence-electron chi connectivity index (χ2n) is 4.33. The molecule has 0 aromatic rings. The van der Waals surface area contributed by atoms with Crippen LogP contribution in [0.25, 0.3) is 0 Å². The molecule has 0 radical (unpaired) electrons. The fourth-order valence-corrected chi connectivity index (χ4v) is 1.51. The summed E-state index contributed by atoms with van der Waals surface area (Å²) in [5.74, 6) is -3.25. The van der Waals surface area contributed by atoms with Crippen LogP contribution < -0.4 is 16.0 Å². The normalized spacial score (nSPS) is 12.9. The molecular formula is C12H21N3O5. The lowest BCUT2D eigenvalue weighted by molar-refractivity contribution is -0.141. The molecule has 0 rings (SSSR count). The second-order valence-corrected chi connectivity index (χ2v) is 4.33. The van der Waals surface area contributed by atoms with Crippen molar-refractivity contribution in [3.63, 3.8) is 0 Å². The highest BCUT2D eigenvalue weighted by Crippen LogP contribution is 2.04. The number of carboxylic acid groups (broad SMARTS) is 1. The molecule has 0 aromatic carbocycles. The maximum atomic E-state index is 11.8. The van der Waals surface area contributed by atoms with Crippen LogP contribution in [0.2, 0.25) is 0 Å². The molecule has 3 amide bonds. The van der Waals surface area contributed by atoms with Gasteiger partial charge < -0.3 is 21.1 Å². The first-order chi connectivity index (χ1) is 9.31. The van der Waals surface area contributed by atoms with Crippen LogP contribution in [0.15, 0.2) is 0 Å².